The second kappa shape index (κ2) is 7.54. The van der Waals surface area contributed by atoms with Gasteiger partial charge in [0.25, 0.3) is 5.91 Å². The average Bonchev–Trinajstić information content (AvgIpc) is 3.33. The molecule has 4 nitrogen and oxygen atoms in total. The Morgan fingerprint density at radius 1 is 1.33 bits per heavy atom. The van der Waals surface area contributed by atoms with Gasteiger partial charge in [-0.25, -0.2) is 9.37 Å². The van der Waals surface area contributed by atoms with Crippen LogP contribution in [0.5, 0.6) is 0 Å². The maximum atomic E-state index is 13.3. The van der Waals surface area contributed by atoms with Gasteiger partial charge in [-0.3, -0.25) is 9.69 Å². The number of nitrogens with zero attached hydrogens (tertiary/aromatic N) is 2. The number of thiazole rings is 1. The fraction of sp³-hybridized carbons (Fsp3) is 0.300. The van der Waals surface area contributed by atoms with Crippen molar-refractivity contribution in [2.75, 3.05) is 18.1 Å². The van der Waals surface area contributed by atoms with Gasteiger partial charge in [0.05, 0.1) is 27.9 Å². The molecule has 140 valence electrons. The molecule has 0 N–H and O–H groups in total. The Bertz CT molecular complexity index is 945. The summed E-state index contributed by atoms with van der Waals surface area (Å²) in [6, 6.07) is 9.32. The number of amides is 1. The number of aromatic nitrogens is 1. The molecule has 1 aromatic heterocycles. The molecule has 1 atom stereocenters. The molecule has 7 heteroatoms. The van der Waals surface area contributed by atoms with Crippen molar-refractivity contribution in [1.29, 1.82) is 0 Å². The van der Waals surface area contributed by atoms with Gasteiger partial charge in [0.15, 0.2) is 5.13 Å². The van der Waals surface area contributed by atoms with Crippen LogP contribution in [0.2, 0.25) is 5.02 Å². The fourth-order valence-corrected chi connectivity index (χ4v) is 4.52. The summed E-state index contributed by atoms with van der Waals surface area (Å²) in [4.78, 5) is 19.5. The third-order valence-corrected chi connectivity index (χ3v) is 6.20. The van der Waals surface area contributed by atoms with Crippen LogP contribution in [0, 0.1) is 12.7 Å². The number of fused-ring (bicyclic) bond motifs is 1. The number of rotatable bonds is 4. The molecule has 1 aliphatic heterocycles. The number of carbonyl (C=O) groups excluding carboxylic acids is 1. The molecule has 0 saturated carbocycles. The molecule has 1 fully saturated rings. The van der Waals surface area contributed by atoms with Gasteiger partial charge >= 0.3 is 0 Å². The minimum absolute atomic E-state index is 0.0296. The molecule has 2 aromatic carbocycles. The van der Waals surface area contributed by atoms with Gasteiger partial charge in [0.1, 0.15) is 5.82 Å². The van der Waals surface area contributed by atoms with E-state index < -0.39 is 0 Å². The van der Waals surface area contributed by atoms with Gasteiger partial charge in [-0.2, -0.15) is 0 Å². The average molecular weight is 405 g/mol. The normalized spacial score (nSPS) is 16.8. The molecule has 0 spiro atoms. The van der Waals surface area contributed by atoms with Crippen LogP contribution >= 0.6 is 22.9 Å². The lowest BCUT2D eigenvalue weighted by molar-refractivity contribution is 0.0917. The molecule has 1 aliphatic rings. The van der Waals surface area contributed by atoms with Gasteiger partial charge in [-0.1, -0.05) is 29.0 Å². The molecule has 27 heavy (non-hydrogen) atoms. The minimum atomic E-state index is -0.375. The molecule has 3 aromatic rings. The van der Waals surface area contributed by atoms with Crippen LogP contribution in [-0.2, 0) is 4.74 Å². The molecular formula is C20H18ClFN2O2S. The molecule has 1 unspecified atom stereocenters. The van der Waals surface area contributed by atoms with Crippen LogP contribution in [0.25, 0.3) is 10.2 Å². The second-order valence-corrected chi connectivity index (χ2v) is 7.98. The van der Waals surface area contributed by atoms with E-state index in [2.05, 4.69) is 4.98 Å². The van der Waals surface area contributed by atoms with E-state index in [1.807, 2.05) is 19.1 Å². The van der Waals surface area contributed by atoms with Crippen molar-refractivity contribution in [3.8, 4) is 0 Å². The summed E-state index contributed by atoms with van der Waals surface area (Å²) < 4.78 is 19.8. The van der Waals surface area contributed by atoms with Crippen LogP contribution < -0.4 is 4.90 Å². The van der Waals surface area contributed by atoms with E-state index in [1.54, 1.807) is 4.90 Å². The van der Waals surface area contributed by atoms with Gasteiger partial charge in [-0.15, -0.1) is 0 Å². The number of ether oxygens (including phenoxy) is 1. The quantitative estimate of drug-likeness (QED) is 0.598. The van der Waals surface area contributed by atoms with Gasteiger partial charge in [0.2, 0.25) is 0 Å². The smallest absolute Gasteiger partial charge is 0.260 e. The first-order valence-electron chi connectivity index (χ1n) is 8.77. The molecule has 0 bridgehead atoms. The van der Waals surface area contributed by atoms with E-state index in [0.717, 1.165) is 28.6 Å². The van der Waals surface area contributed by atoms with Crippen LogP contribution in [0.3, 0.4) is 0 Å². The topological polar surface area (TPSA) is 42.4 Å². The molecular weight excluding hydrogens is 387 g/mol. The third kappa shape index (κ3) is 3.70. The third-order valence-electron chi connectivity index (χ3n) is 4.66. The molecule has 0 aliphatic carbocycles. The molecule has 1 saturated heterocycles. The summed E-state index contributed by atoms with van der Waals surface area (Å²) in [5, 5.41) is 1.19. The van der Waals surface area contributed by atoms with E-state index in [-0.39, 0.29) is 17.8 Å². The standard InChI is InChI=1S/C20H18ClFN2O2S/c1-12-4-9-16(21)18-17(12)23-20(27-18)24(11-15-3-2-10-26-15)19(25)13-5-7-14(22)8-6-13/h4-9,15H,2-3,10-11H2,1H3. The van der Waals surface area contributed by atoms with Crippen molar-refractivity contribution in [2.24, 2.45) is 0 Å². The zero-order valence-corrected chi connectivity index (χ0v) is 16.3. The number of halogens is 2. The number of hydrogen-bond acceptors (Lipinski definition) is 4. The molecule has 0 radical (unpaired) electrons. The van der Waals surface area contributed by atoms with Crippen LogP contribution in [0.1, 0.15) is 28.8 Å². The Morgan fingerprint density at radius 3 is 2.78 bits per heavy atom. The Kier molecular flexibility index (Phi) is 5.12. The lowest BCUT2D eigenvalue weighted by Crippen LogP contribution is -2.37. The van der Waals surface area contributed by atoms with E-state index in [0.29, 0.717) is 28.9 Å². The number of anilines is 1. The van der Waals surface area contributed by atoms with E-state index in [1.165, 1.54) is 35.6 Å². The van der Waals surface area contributed by atoms with Crippen LogP contribution in [0.4, 0.5) is 9.52 Å². The van der Waals surface area contributed by atoms with Crippen molar-refractivity contribution in [3.05, 3.63) is 58.4 Å². The molecule has 4 rings (SSSR count). The van der Waals surface area contributed by atoms with Crippen molar-refractivity contribution in [1.82, 2.24) is 4.98 Å². The number of benzene rings is 2. The minimum Gasteiger partial charge on any atom is -0.376 e. The lowest BCUT2D eigenvalue weighted by atomic mass is 10.1. The summed E-state index contributed by atoms with van der Waals surface area (Å²) in [7, 11) is 0. The summed E-state index contributed by atoms with van der Waals surface area (Å²) >= 11 is 7.72. The maximum absolute atomic E-state index is 13.3. The summed E-state index contributed by atoms with van der Waals surface area (Å²) in [5.74, 6) is -0.599. The Hall–Kier alpha value is -2.02. The largest absolute Gasteiger partial charge is 0.376 e. The highest BCUT2D eigenvalue weighted by Gasteiger charge is 2.27. The molecule has 1 amide bonds. The fourth-order valence-electron chi connectivity index (χ4n) is 3.19. The predicted octanol–water partition coefficient (Wildman–Crippen LogP) is 5.22. The molecule has 2 heterocycles. The van der Waals surface area contributed by atoms with Gasteiger partial charge in [0, 0.05) is 12.2 Å². The zero-order valence-electron chi connectivity index (χ0n) is 14.7. The van der Waals surface area contributed by atoms with E-state index in [9.17, 15) is 9.18 Å². The highest BCUT2D eigenvalue weighted by Crippen LogP contribution is 2.36. The number of hydrogen-bond donors (Lipinski definition) is 0. The summed E-state index contributed by atoms with van der Waals surface area (Å²) in [6.45, 7) is 3.08. The Morgan fingerprint density at radius 2 is 2.11 bits per heavy atom. The Balaban J connectivity index is 1.75. The van der Waals surface area contributed by atoms with Gasteiger partial charge in [-0.05, 0) is 55.7 Å². The van der Waals surface area contributed by atoms with E-state index in [4.69, 9.17) is 16.3 Å². The first-order chi connectivity index (χ1) is 13.0. The predicted molar refractivity (Wildman–Crippen MR) is 106 cm³/mol. The monoisotopic (exact) mass is 404 g/mol. The van der Waals surface area contributed by atoms with Crippen molar-refractivity contribution in [3.63, 3.8) is 0 Å². The maximum Gasteiger partial charge on any atom is 0.260 e. The SMILES string of the molecule is Cc1ccc(Cl)c2sc(N(CC3CCCO3)C(=O)c3ccc(F)cc3)nc12. The lowest BCUT2D eigenvalue weighted by Gasteiger charge is -2.23. The first-order valence-corrected chi connectivity index (χ1v) is 9.97. The van der Waals surface area contributed by atoms with Crippen LogP contribution in [0.15, 0.2) is 36.4 Å². The van der Waals surface area contributed by atoms with E-state index >= 15 is 0 Å². The van der Waals surface area contributed by atoms with Crippen molar-refractivity contribution < 1.29 is 13.9 Å². The first kappa shape index (κ1) is 18.3. The summed E-state index contributed by atoms with van der Waals surface area (Å²) in [6.07, 6.45) is 1.85. The van der Waals surface area contributed by atoms with Crippen LogP contribution in [-0.4, -0.2) is 30.1 Å². The number of aryl methyl sites for hydroxylation is 1. The second-order valence-electron chi connectivity index (χ2n) is 6.60. The zero-order chi connectivity index (χ0) is 19.0. The summed E-state index contributed by atoms with van der Waals surface area (Å²) in [5.41, 5.74) is 2.21. The highest BCUT2D eigenvalue weighted by molar-refractivity contribution is 7.23. The number of carbonyl (C=O) groups is 1. The Labute approximate surface area is 165 Å². The van der Waals surface area contributed by atoms with Crippen molar-refractivity contribution >= 4 is 44.2 Å². The highest BCUT2D eigenvalue weighted by atomic mass is 35.5. The van der Waals surface area contributed by atoms with Crippen molar-refractivity contribution in [2.45, 2.75) is 25.9 Å². The van der Waals surface area contributed by atoms with Gasteiger partial charge < -0.3 is 4.74 Å².